The van der Waals surface area contributed by atoms with Gasteiger partial charge in [-0.3, -0.25) is 14.4 Å². The van der Waals surface area contributed by atoms with Crippen LogP contribution in [0.2, 0.25) is 0 Å². The minimum atomic E-state index is -5.81. The van der Waals surface area contributed by atoms with Crippen molar-refractivity contribution >= 4 is 38.9 Å². The summed E-state index contributed by atoms with van der Waals surface area (Å²) in [5, 5.41) is 6.10. The number of carbonyl (C=O) groups excluding carboxylic acids is 3. The number of carbonyl (C=O) groups is 3. The van der Waals surface area contributed by atoms with Gasteiger partial charge in [-0.1, -0.05) is 96.1 Å². The van der Waals surface area contributed by atoms with Gasteiger partial charge in [0, 0.05) is 0 Å². The van der Waals surface area contributed by atoms with Crippen molar-refractivity contribution in [1.29, 1.82) is 0 Å². The quantitative estimate of drug-likeness (QED) is 0.0848. The molecule has 0 aliphatic heterocycles. The predicted molar refractivity (Wildman–Crippen MR) is 321 cm³/mol. The normalized spacial score (nSPS) is 43.3. The van der Waals surface area contributed by atoms with Gasteiger partial charge in [-0.25, -0.2) is 8.42 Å². The Kier molecular flexibility index (Phi) is 17.2. The number of halogens is 2. The van der Waals surface area contributed by atoms with Crippen LogP contribution in [0.3, 0.4) is 0 Å². The van der Waals surface area contributed by atoms with Gasteiger partial charge in [0.05, 0.1) is 34.2 Å². The Morgan fingerprint density at radius 3 is 1.28 bits per heavy atom. The van der Waals surface area contributed by atoms with Gasteiger partial charge in [-0.2, -0.15) is 8.78 Å². The highest BCUT2D eigenvalue weighted by Gasteiger charge is 2.61. The first-order chi connectivity index (χ1) is 40.4. The summed E-state index contributed by atoms with van der Waals surface area (Å²) in [5.74, 6) is 11.0. The number of ether oxygens (including phenoxy) is 3. The van der Waals surface area contributed by atoms with Gasteiger partial charge in [0.2, 0.25) is 0 Å². The standard InChI is InChI=1S/C21H32O2.C20H30O3.C18H15S.C12H18F2O5S/c1-11-12(2)18-9-15(11)10-19(18)20(22)23-21(3)16-5-13-4-14(7-16)8-17(21)6-13;1-10-11(2)16-5-13(10)6-17(16)19(21)23-18-14-3-12-4-15(18)9-20(22,7-12)8-14;1-4-10-16(11-5-1)19(17-12-6-2-7-13-17)18-14-8-3-9-15-18;1-6-7(2)9-3-8(6)4-10(9)11(15)19-5-12(13,14)20(16,17)18/h11-19H,4-10H2,1-3H3;10-18,22H,3-9H2,1-2H3;1-15H;6-10H,3-5H2,1-2H3,(H,16,17,18)/q;;+1;/p-1. The summed E-state index contributed by atoms with van der Waals surface area (Å²) in [7, 11) is -5.83. The van der Waals surface area contributed by atoms with Crippen LogP contribution in [-0.4, -0.2) is 65.2 Å². The first-order valence-electron chi connectivity index (χ1n) is 32.9. The molecule has 1 N–H and O–H groups in total. The molecular weight excluding hydrogens is 1110 g/mol. The molecule has 14 saturated carbocycles. The van der Waals surface area contributed by atoms with Crippen molar-refractivity contribution in [2.24, 2.45) is 130 Å². The summed E-state index contributed by atoms with van der Waals surface area (Å²) in [6.45, 7) is 14.1. The van der Waals surface area contributed by atoms with E-state index in [4.69, 9.17) is 9.47 Å². The molecule has 0 heterocycles. The molecule has 0 radical (unpaired) electrons. The van der Waals surface area contributed by atoms with Crippen LogP contribution in [0.4, 0.5) is 8.78 Å². The largest absolute Gasteiger partial charge is 0.743 e. The van der Waals surface area contributed by atoms with Crippen LogP contribution in [0.25, 0.3) is 0 Å². The first-order valence-corrected chi connectivity index (χ1v) is 35.6. The first kappa shape index (κ1) is 61.4. The fourth-order valence-corrected chi connectivity index (χ4v) is 23.3. The number of benzene rings is 3. The second kappa shape index (κ2) is 23.8. The van der Waals surface area contributed by atoms with Crippen molar-refractivity contribution in [3.05, 3.63) is 91.0 Å². The smallest absolute Gasteiger partial charge is 0.367 e. The summed E-state index contributed by atoms with van der Waals surface area (Å²) in [5.41, 5.74) is -0.572. The van der Waals surface area contributed by atoms with Crippen LogP contribution in [0, 0.1) is 130 Å². The third-order valence-corrected chi connectivity index (χ3v) is 28.8. The fraction of sp³-hybridized carbons (Fsp3) is 0.704. The lowest BCUT2D eigenvalue weighted by Gasteiger charge is -2.59. The van der Waals surface area contributed by atoms with Crippen LogP contribution in [-0.2, 0) is 49.6 Å². The summed E-state index contributed by atoms with van der Waals surface area (Å²) in [6, 6.07) is 32.2. The SMILES string of the molecule is CC1C2CC(C(=O)OC3(C)C4CC5CC(C4)CC3C5)C(C2)C1C.CC1C2CC(C(=O)OC3C4CC5CC3CC(O)(C5)C4)C(C2)C1C.CC1C2CC(C(=O)OCC(F)(F)S(=O)(=O)[O-])C(C2)C1C.c1ccc([S+](c2ccccc2)c2ccccc2)cc1. The van der Waals surface area contributed by atoms with Gasteiger partial charge in [-0.15, -0.1) is 0 Å². The van der Waals surface area contributed by atoms with E-state index in [1.54, 1.807) is 0 Å². The number of hydrogen-bond acceptors (Lipinski definition) is 10. The van der Waals surface area contributed by atoms with E-state index >= 15 is 0 Å². The van der Waals surface area contributed by atoms with Crippen molar-refractivity contribution in [2.75, 3.05) is 6.61 Å². The van der Waals surface area contributed by atoms with Crippen molar-refractivity contribution in [2.45, 2.75) is 188 Å². The van der Waals surface area contributed by atoms with Crippen LogP contribution < -0.4 is 0 Å². The monoisotopic (exact) mass is 1210 g/mol. The van der Waals surface area contributed by atoms with Crippen LogP contribution in [0.5, 0.6) is 0 Å². The molecule has 14 aliphatic rings. The summed E-state index contributed by atoms with van der Waals surface area (Å²) < 4.78 is 73.7. The fourth-order valence-electron chi connectivity index (χ4n) is 21.0. The zero-order chi connectivity index (χ0) is 60.1. The molecule has 14 heteroatoms. The van der Waals surface area contributed by atoms with Gasteiger partial charge < -0.3 is 23.9 Å². The lowest BCUT2D eigenvalue weighted by atomic mass is 9.50. The molecule has 0 saturated heterocycles. The maximum absolute atomic E-state index is 13.1. The molecule has 85 heavy (non-hydrogen) atoms. The van der Waals surface area contributed by atoms with E-state index in [0.717, 1.165) is 74.0 Å². The minimum absolute atomic E-state index is 0.0146. The maximum atomic E-state index is 13.1. The van der Waals surface area contributed by atoms with E-state index in [0.29, 0.717) is 77.4 Å². The van der Waals surface area contributed by atoms with E-state index in [1.165, 1.54) is 72.5 Å². The molecule has 14 bridgehead atoms. The maximum Gasteiger partial charge on any atom is 0.367 e. The zero-order valence-electron chi connectivity index (χ0n) is 51.2. The van der Waals surface area contributed by atoms with Gasteiger partial charge in [-0.05, 0) is 258 Å². The summed E-state index contributed by atoms with van der Waals surface area (Å²) >= 11 is 0. The zero-order valence-corrected chi connectivity index (χ0v) is 52.8. The summed E-state index contributed by atoms with van der Waals surface area (Å²) in [4.78, 5) is 41.8. The molecule has 14 fully saturated rings. The number of aliphatic hydroxyl groups is 1. The third kappa shape index (κ3) is 11.9. The van der Waals surface area contributed by atoms with E-state index in [9.17, 15) is 41.2 Å². The molecule has 10 nitrogen and oxygen atoms in total. The number of fused-ring (bicyclic) bond motifs is 6. The summed E-state index contributed by atoms with van der Waals surface area (Å²) in [6.07, 6.45) is 18.0. The van der Waals surface area contributed by atoms with E-state index in [1.807, 2.05) is 6.92 Å². The number of rotatable bonds is 11. The van der Waals surface area contributed by atoms with Gasteiger partial charge in [0.1, 0.15) is 11.7 Å². The molecule has 464 valence electrons. The molecule has 3 aromatic carbocycles. The Bertz CT molecular complexity index is 2840. The second-order valence-electron chi connectivity index (χ2n) is 30.1. The Balaban J connectivity index is 0.000000112. The Labute approximate surface area is 508 Å². The molecule has 0 amide bonds. The predicted octanol–water partition coefficient (Wildman–Crippen LogP) is 14.4. The van der Waals surface area contributed by atoms with Gasteiger partial charge in [0.25, 0.3) is 0 Å². The minimum Gasteiger partial charge on any atom is -0.743 e. The van der Waals surface area contributed by atoms with Crippen LogP contribution in [0.15, 0.2) is 106 Å². The Morgan fingerprint density at radius 2 is 0.918 bits per heavy atom. The molecule has 14 aliphatic carbocycles. The molecule has 0 aromatic heterocycles. The van der Waals surface area contributed by atoms with Crippen molar-refractivity contribution < 1.29 is 55.5 Å². The second-order valence-corrected chi connectivity index (χ2v) is 33.6. The molecule has 17 atom stereocenters. The average Bonchev–Trinajstić information content (AvgIpc) is 1.86. The molecular formula is C71H94F2O10S2. The van der Waals surface area contributed by atoms with Crippen molar-refractivity contribution in [3.8, 4) is 0 Å². The van der Waals surface area contributed by atoms with Crippen molar-refractivity contribution in [3.63, 3.8) is 0 Å². The number of alkyl halides is 2. The topological polar surface area (TPSA) is 156 Å². The number of esters is 3. The lowest BCUT2D eigenvalue weighted by molar-refractivity contribution is -0.209. The average molecular weight is 1210 g/mol. The number of hydrogen-bond donors (Lipinski definition) is 1. The molecule has 0 spiro atoms. The molecule has 17 unspecified atom stereocenters. The van der Waals surface area contributed by atoms with Crippen molar-refractivity contribution in [1.82, 2.24) is 0 Å². The molecule has 17 rings (SSSR count). The highest BCUT2D eigenvalue weighted by molar-refractivity contribution is 7.97. The highest BCUT2D eigenvalue weighted by atomic mass is 32.2. The third-order valence-electron chi connectivity index (χ3n) is 25.8. The van der Waals surface area contributed by atoms with E-state index < -0.39 is 39.5 Å². The van der Waals surface area contributed by atoms with Gasteiger partial charge >= 0.3 is 23.2 Å². The van der Waals surface area contributed by atoms with Crippen LogP contribution >= 0.6 is 0 Å². The van der Waals surface area contributed by atoms with E-state index in [2.05, 4.69) is 137 Å². The Morgan fingerprint density at radius 1 is 0.529 bits per heavy atom. The lowest BCUT2D eigenvalue weighted by Crippen LogP contribution is -2.58. The van der Waals surface area contributed by atoms with Gasteiger partial charge in [0.15, 0.2) is 31.4 Å². The molecule has 3 aromatic rings. The highest BCUT2D eigenvalue weighted by Crippen LogP contribution is 2.62. The van der Waals surface area contributed by atoms with E-state index in [-0.39, 0.29) is 52.3 Å². The van der Waals surface area contributed by atoms with Crippen LogP contribution in [0.1, 0.15) is 151 Å². The Hall–Kier alpha value is -3.85.